The molecule has 3 heterocycles. The number of fused-ring (bicyclic) bond motifs is 3. The molecule has 25 heavy (non-hydrogen) atoms. The molecule has 2 aromatic rings. The summed E-state index contributed by atoms with van der Waals surface area (Å²) in [6, 6.07) is 0. The SMILES string of the molecule is CC(O)C1CCCN(c2nc(C3CC3)nc3sc4c(c23)CCCC4)C1. The molecule has 0 bridgehead atoms. The van der Waals surface area contributed by atoms with Crippen LogP contribution in [0, 0.1) is 5.92 Å². The van der Waals surface area contributed by atoms with Crippen LogP contribution in [0.5, 0.6) is 0 Å². The first kappa shape index (κ1) is 16.0. The van der Waals surface area contributed by atoms with Gasteiger partial charge < -0.3 is 10.0 Å². The molecule has 1 saturated heterocycles. The lowest BCUT2D eigenvalue weighted by atomic mass is 9.92. The summed E-state index contributed by atoms with van der Waals surface area (Å²) in [4.78, 5) is 15.3. The van der Waals surface area contributed by atoms with Gasteiger partial charge in [-0.05, 0) is 63.9 Å². The fourth-order valence-corrected chi connectivity index (χ4v) is 5.77. The summed E-state index contributed by atoms with van der Waals surface area (Å²) in [6.45, 7) is 3.92. The number of aryl methyl sites for hydroxylation is 2. The second kappa shape index (κ2) is 6.20. The van der Waals surface area contributed by atoms with Gasteiger partial charge in [0.05, 0.1) is 11.5 Å². The smallest absolute Gasteiger partial charge is 0.141 e. The Hall–Kier alpha value is -1.20. The highest BCUT2D eigenvalue weighted by Gasteiger charge is 2.32. The Bertz CT molecular complexity index is 796. The van der Waals surface area contributed by atoms with Gasteiger partial charge in [-0.15, -0.1) is 11.3 Å². The largest absolute Gasteiger partial charge is 0.393 e. The number of aliphatic hydroxyl groups is 1. The minimum absolute atomic E-state index is 0.237. The van der Waals surface area contributed by atoms with E-state index in [1.165, 1.54) is 60.1 Å². The van der Waals surface area contributed by atoms with Gasteiger partial charge >= 0.3 is 0 Å². The van der Waals surface area contributed by atoms with Gasteiger partial charge in [-0.25, -0.2) is 9.97 Å². The molecule has 0 amide bonds. The summed E-state index contributed by atoms with van der Waals surface area (Å²) in [5.41, 5.74) is 1.53. The summed E-state index contributed by atoms with van der Waals surface area (Å²) < 4.78 is 0. The maximum atomic E-state index is 10.1. The number of hydrogen-bond acceptors (Lipinski definition) is 5. The number of aliphatic hydroxyl groups excluding tert-OH is 1. The van der Waals surface area contributed by atoms with Crippen LogP contribution in [0.15, 0.2) is 0 Å². The van der Waals surface area contributed by atoms with E-state index in [2.05, 4.69) is 4.90 Å². The molecular weight excluding hydrogens is 330 g/mol. The zero-order chi connectivity index (χ0) is 17.0. The molecule has 2 aromatic heterocycles. The molecule has 5 rings (SSSR count). The van der Waals surface area contributed by atoms with E-state index in [0.717, 1.165) is 31.8 Å². The van der Waals surface area contributed by atoms with Crippen LogP contribution < -0.4 is 4.90 Å². The summed E-state index contributed by atoms with van der Waals surface area (Å²) in [5, 5.41) is 11.4. The Morgan fingerprint density at radius 3 is 2.76 bits per heavy atom. The zero-order valence-corrected chi connectivity index (χ0v) is 15.8. The van der Waals surface area contributed by atoms with Gasteiger partial charge in [-0.2, -0.15) is 0 Å². The zero-order valence-electron chi connectivity index (χ0n) is 15.0. The van der Waals surface area contributed by atoms with Crippen molar-refractivity contribution in [2.75, 3.05) is 18.0 Å². The number of hydrogen-bond donors (Lipinski definition) is 1. The first-order valence-corrected chi connectivity index (χ1v) is 10.8. The fraction of sp³-hybridized carbons (Fsp3) is 0.700. The fourth-order valence-electron chi connectivity index (χ4n) is 4.50. The molecule has 1 aliphatic heterocycles. The lowest BCUT2D eigenvalue weighted by Gasteiger charge is -2.35. The van der Waals surface area contributed by atoms with Crippen LogP contribution in [0.1, 0.15) is 67.6 Å². The Morgan fingerprint density at radius 2 is 1.96 bits per heavy atom. The van der Waals surface area contributed by atoms with Crippen molar-refractivity contribution in [1.29, 1.82) is 0 Å². The van der Waals surface area contributed by atoms with Crippen molar-refractivity contribution in [1.82, 2.24) is 9.97 Å². The van der Waals surface area contributed by atoms with E-state index in [1.807, 2.05) is 18.3 Å². The highest BCUT2D eigenvalue weighted by Crippen LogP contribution is 2.44. The maximum absolute atomic E-state index is 10.1. The van der Waals surface area contributed by atoms with Crippen molar-refractivity contribution < 1.29 is 5.11 Å². The monoisotopic (exact) mass is 357 g/mol. The molecule has 2 fully saturated rings. The van der Waals surface area contributed by atoms with Crippen LogP contribution >= 0.6 is 11.3 Å². The molecule has 0 radical (unpaired) electrons. The molecule has 1 saturated carbocycles. The molecule has 2 unspecified atom stereocenters. The number of piperidine rings is 1. The van der Waals surface area contributed by atoms with Crippen LogP contribution in [0.4, 0.5) is 5.82 Å². The van der Waals surface area contributed by atoms with Crippen LogP contribution in [0.2, 0.25) is 0 Å². The number of rotatable bonds is 3. The Morgan fingerprint density at radius 1 is 1.12 bits per heavy atom. The number of aromatic nitrogens is 2. The van der Waals surface area contributed by atoms with E-state index in [0.29, 0.717) is 11.8 Å². The average molecular weight is 358 g/mol. The molecular formula is C20H27N3OS. The number of anilines is 1. The maximum Gasteiger partial charge on any atom is 0.141 e. The van der Waals surface area contributed by atoms with E-state index < -0.39 is 0 Å². The summed E-state index contributed by atoms with van der Waals surface area (Å²) in [5.74, 6) is 3.19. The van der Waals surface area contributed by atoms with E-state index in [-0.39, 0.29) is 6.10 Å². The first-order chi connectivity index (χ1) is 12.2. The molecule has 4 nitrogen and oxygen atoms in total. The Labute approximate surface area is 153 Å². The molecule has 134 valence electrons. The summed E-state index contributed by atoms with van der Waals surface area (Å²) in [6.07, 6.45) is 9.52. The van der Waals surface area contributed by atoms with Crippen molar-refractivity contribution in [3.63, 3.8) is 0 Å². The number of nitrogens with zero attached hydrogens (tertiary/aromatic N) is 3. The van der Waals surface area contributed by atoms with Crippen molar-refractivity contribution in [2.45, 2.75) is 70.3 Å². The lowest BCUT2D eigenvalue weighted by Crippen LogP contribution is -2.40. The van der Waals surface area contributed by atoms with Crippen molar-refractivity contribution in [3.8, 4) is 0 Å². The quantitative estimate of drug-likeness (QED) is 0.900. The minimum atomic E-state index is -0.237. The van der Waals surface area contributed by atoms with Crippen molar-refractivity contribution >= 4 is 27.4 Å². The van der Waals surface area contributed by atoms with Gasteiger partial charge in [0.1, 0.15) is 16.5 Å². The van der Waals surface area contributed by atoms with Gasteiger partial charge in [0, 0.05) is 29.8 Å². The normalized spacial score (nSPS) is 25.2. The highest BCUT2D eigenvalue weighted by atomic mass is 32.1. The topological polar surface area (TPSA) is 49.2 Å². The Kier molecular flexibility index (Phi) is 3.97. The third-order valence-electron chi connectivity index (χ3n) is 6.19. The number of thiophene rings is 1. The van der Waals surface area contributed by atoms with Gasteiger partial charge in [0.15, 0.2) is 0 Å². The lowest BCUT2D eigenvalue weighted by molar-refractivity contribution is 0.115. The van der Waals surface area contributed by atoms with E-state index in [1.54, 1.807) is 4.88 Å². The van der Waals surface area contributed by atoms with Crippen LogP contribution in [-0.4, -0.2) is 34.3 Å². The van der Waals surface area contributed by atoms with Crippen LogP contribution in [-0.2, 0) is 12.8 Å². The molecule has 1 N–H and O–H groups in total. The van der Waals surface area contributed by atoms with E-state index in [9.17, 15) is 5.11 Å². The third-order valence-corrected chi connectivity index (χ3v) is 7.38. The second-order valence-electron chi connectivity index (χ2n) is 8.16. The van der Waals surface area contributed by atoms with Crippen LogP contribution in [0.25, 0.3) is 10.2 Å². The minimum Gasteiger partial charge on any atom is -0.393 e. The van der Waals surface area contributed by atoms with Crippen molar-refractivity contribution in [2.24, 2.45) is 5.92 Å². The predicted octanol–water partition coefficient (Wildman–Crippen LogP) is 4.04. The van der Waals surface area contributed by atoms with Gasteiger partial charge in [0.2, 0.25) is 0 Å². The Balaban J connectivity index is 1.63. The molecule has 0 spiro atoms. The molecule has 3 aliphatic rings. The predicted molar refractivity (Wildman–Crippen MR) is 103 cm³/mol. The van der Waals surface area contributed by atoms with E-state index >= 15 is 0 Å². The summed E-state index contributed by atoms with van der Waals surface area (Å²) in [7, 11) is 0. The average Bonchev–Trinajstić information content (AvgIpc) is 3.41. The first-order valence-electron chi connectivity index (χ1n) is 9.96. The molecule has 2 aliphatic carbocycles. The highest BCUT2D eigenvalue weighted by molar-refractivity contribution is 7.19. The molecule has 0 aromatic carbocycles. The molecule has 2 atom stereocenters. The van der Waals surface area contributed by atoms with Gasteiger partial charge in [-0.1, -0.05) is 0 Å². The third kappa shape index (κ3) is 2.85. The van der Waals surface area contributed by atoms with Gasteiger partial charge in [-0.3, -0.25) is 0 Å². The van der Waals surface area contributed by atoms with E-state index in [4.69, 9.17) is 9.97 Å². The van der Waals surface area contributed by atoms with Gasteiger partial charge in [0.25, 0.3) is 0 Å². The standard InChI is InChI=1S/C20H27N3OS/c1-12(24)14-5-4-10-23(11-14)19-17-15-6-2-3-7-16(15)25-20(17)22-18(21-19)13-8-9-13/h12-14,24H,2-11H2,1H3. The second-order valence-corrected chi connectivity index (χ2v) is 9.24. The van der Waals surface area contributed by atoms with Crippen molar-refractivity contribution in [3.05, 3.63) is 16.3 Å². The van der Waals surface area contributed by atoms with Crippen LogP contribution in [0.3, 0.4) is 0 Å². The molecule has 5 heteroatoms. The summed E-state index contributed by atoms with van der Waals surface area (Å²) >= 11 is 1.92.